The summed E-state index contributed by atoms with van der Waals surface area (Å²) < 4.78 is 3.75. The first-order chi connectivity index (χ1) is 8.74. The Morgan fingerprint density at radius 3 is 3.00 bits per heavy atom. The van der Waals surface area contributed by atoms with Crippen LogP contribution in [0.4, 0.5) is 0 Å². The van der Waals surface area contributed by atoms with Gasteiger partial charge in [0.25, 0.3) is 0 Å². The Morgan fingerprint density at radius 1 is 1.39 bits per heavy atom. The molecule has 7 nitrogen and oxygen atoms in total. The topological polar surface area (TPSA) is 85.8 Å². The molecule has 0 bridgehead atoms. The molecular formula is C11H15N5O2. The highest BCUT2D eigenvalue weighted by Crippen LogP contribution is 2.00. The number of aliphatic carboxylic acids is 1. The van der Waals surface area contributed by atoms with Gasteiger partial charge >= 0.3 is 5.97 Å². The predicted molar refractivity (Wildman–Crippen MR) is 62.8 cm³/mol. The van der Waals surface area contributed by atoms with E-state index >= 15 is 0 Å². The number of hydrogen-bond donors (Lipinski definition) is 1. The van der Waals surface area contributed by atoms with Crippen LogP contribution in [0.25, 0.3) is 0 Å². The van der Waals surface area contributed by atoms with E-state index in [1.54, 1.807) is 23.4 Å². The van der Waals surface area contributed by atoms with Crippen molar-refractivity contribution in [3.05, 3.63) is 30.6 Å². The quantitative estimate of drug-likeness (QED) is 0.775. The molecule has 0 aliphatic heterocycles. The van der Waals surface area contributed by atoms with Gasteiger partial charge in [0, 0.05) is 38.1 Å². The van der Waals surface area contributed by atoms with Gasteiger partial charge < -0.3 is 9.67 Å². The van der Waals surface area contributed by atoms with Gasteiger partial charge in [0.05, 0.1) is 18.4 Å². The zero-order valence-corrected chi connectivity index (χ0v) is 9.94. The van der Waals surface area contributed by atoms with E-state index in [0.717, 1.165) is 25.2 Å². The highest BCUT2D eigenvalue weighted by atomic mass is 16.4. The monoisotopic (exact) mass is 249 g/mol. The molecule has 0 aliphatic rings. The van der Waals surface area contributed by atoms with Gasteiger partial charge in [-0.1, -0.05) is 5.21 Å². The lowest BCUT2D eigenvalue weighted by atomic mass is 10.2. The Bertz CT molecular complexity index is 491. The van der Waals surface area contributed by atoms with Crippen LogP contribution in [0.5, 0.6) is 0 Å². The van der Waals surface area contributed by atoms with Crippen LogP contribution in [0.15, 0.2) is 24.9 Å². The van der Waals surface area contributed by atoms with Crippen molar-refractivity contribution in [1.29, 1.82) is 0 Å². The van der Waals surface area contributed by atoms with Crippen molar-refractivity contribution in [2.24, 2.45) is 0 Å². The van der Waals surface area contributed by atoms with E-state index in [0.29, 0.717) is 6.42 Å². The van der Waals surface area contributed by atoms with Gasteiger partial charge in [-0.2, -0.15) is 0 Å². The second kappa shape index (κ2) is 5.95. The lowest BCUT2D eigenvalue weighted by Gasteiger charge is -2.01. The van der Waals surface area contributed by atoms with Crippen LogP contribution in [-0.4, -0.2) is 35.6 Å². The highest BCUT2D eigenvalue weighted by Gasteiger charge is 2.03. The van der Waals surface area contributed by atoms with Crippen LogP contribution < -0.4 is 0 Å². The molecule has 96 valence electrons. The fourth-order valence-corrected chi connectivity index (χ4v) is 1.63. The third-order valence-electron chi connectivity index (χ3n) is 2.54. The van der Waals surface area contributed by atoms with E-state index in [1.165, 1.54) is 0 Å². The molecule has 2 heterocycles. The predicted octanol–water partition coefficient (Wildman–Crippen LogP) is 0.582. The average Bonchev–Trinajstić information content (AvgIpc) is 2.97. The highest BCUT2D eigenvalue weighted by molar-refractivity contribution is 5.66. The minimum Gasteiger partial charge on any atom is -0.481 e. The minimum absolute atomic E-state index is 0.0910. The number of aromatic nitrogens is 5. The molecule has 18 heavy (non-hydrogen) atoms. The van der Waals surface area contributed by atoms with Crippen LogP contribution in [-0.2, 0) is 24.3 Å². The molecule has 0 fully saturated rings. The summed E-state index contributed by atoms with van der Waals surface area (Å²) in [5.74, 6) is -0.815. The molecule has 7 heteroatoms. The molecule has 2 aromatic heterocycles. The molecule has 0 saturated carbocycles. The average molecular weight is 249 g/mol. The van der Waals surface area contributed by atoms with E-state index in [4.69, 9.17) is 5.11 Å². The van der Waals surface area contributed by atoms with Gasteiger partial charge in [-0.15, -0.1) is 5.10 Å². The summed E-state index contributed by atoms with van der Waals surface area (Å²) in [6, 6.07) is 0. The van der Waals surface area contributed by atoms with E-state index in [-0.39, 0.29) is 6.42 Å². The van der Waals surface area contributed by atoms with Crippen LogP contribution >= 0.6 is 0 Å². The molecule has 2 rings (SSSR count). The summed E-state index contributed by atoms with van der Waals surface area (Å²) in [7, 11) is 0. The maximum atomic E-state index is 10.4. The second-order valence-electron chi connectivity index (χ2n) is 4.02. The van der Waals surface area contributed by atoms with Gasteiger partial charge in [-0.25, -0.2) is 4.98 Å². The maximum Gasteiger partial charge on any atom is 0.303 e. The van der Waals surface area contributed by atoms with Crippen molar-refractivity contribution in [2.75, 3.05) is 0 Å². The Labute approximate surface area is 104 Å². The Hall–Kier alpha value is -2.18. The summed E-state index contributed by atoms with van der Waals surface area (Å²) >= 11 is 0. The Morgan fingerprint density at radius 2 is 2.28 bits per heavy atom. The molecule has 0 aliphatic carbocycles. The fraction of sp³-hybridized carbons (Fsp3) is 0.455. The smallest absolute Gasteiger partial charge is 0.303 e. The number of rotatable bonds is 7. The van der Waals surface area contributed by atoms with Gasteiger partial charge in [-0.3, -0.25) is 9.48 Å². The van der Waals surface area contributed by atoms with E-state index in [9.17, 15) is 4.79 Å². The first kappa shape index (κ1) is 12.3. The third kappa shape index (κ3) is 3.69. The van der Waals surface area contributed by atoms with Crippen molar-refractivity contribution >= 4 is 5.97 Å². The van der Waals surface area contributed by atoms with E-state index in [1.807, 2.05) is 10.8 Å². The number of carboxylic acid groups (broad SMARTS) is 1. The number of nitrogens with zero attached hydrogens (tertiary/aromatic N) is 5. The molecule has 0 amide bonds. The molecule has 2 aromatic rings. The van der Waals surface area contributed by atoms with Gasteiger partial charge in [0.2, 0.25) is 0 Å². The lowest BCUT2D eigenvalue weighted by Crippen LogP contribution is -2.03. The molecular weight excluding hydrogens is 234 g/mol. The third-order valence-corrected chi connectivity index (χ3v) is 2.54. The lowest BCUT2D eigenvalue weighted by molar-refractivity contribution is -0.136. The Kier molecular flexibility index (Phi) is 4.06. The first-order valence-electron chi connectivity index (χ1n) is 5.80. The summed E-state index contributed by atoms with van der Waals surface area (Å²) in [5.41, 5.74) is 0.722. The largest absolute Gasteiger partial charge is 0.481 e. The van der Waals surface area contributed by atoms with Gasteiger partial charge in [0.15, 0.2) is 0 Å². The number of hydrogen-bond acceptors (Lipinski definition) is 4. The number of carbonyl (C=O) groups is 1. The SMILES string of the molecule is O=C(O)CCc1cn(CCCn2ccnc2)nn1. The van der Waals surface area contributed by atoms with Crippen molar-refractivity contribution in [1.82, 2.24) is 24.5 Å². The summed E-state index contributed by atoms with van der Waals surface area (Å²) in [6.07, 6.45) is 8.69. The summed E-state index contributed by atoms with van der Waals surface area (Å²) in [5, 5.41) is 16.5. The van der Waals surface area contributed by atoms with Crippen LogP contribution in [0, 0.1) is 0 Å². The van der Waals surface area contributed by atoms with Crippen molar-refractivity contribution < 1.29 is 9.90 Å². The molecule has 0 atom stereocenters. The molecule has 0 saturated heterocycles. The molecule has 1 N–H and O–H groups in total. The van der Waals surface area contributed by atoms with E-state index in [2.05, 4.69) is 15.3 Å². The summed E-state index contributed by atoms with van der Waals surface area (Å²) in [4.78, 5) is 14.4. The van der Waals surface area contributed by atoms with Crippen LogP contribution in [0.2, 0.25) is 0 Å². The van der Waals surface area contributed by atoms with Crippen molar-refractivity contribution in [2.45, 2.75) is 32.4 Å². The number of aryl methyl sites for hydroxylation is 3. The Balaban J connectivity index is 1.74. The second-order valence-corrected chi connectivity index (χ2v) is 4.02. The van der Waals surface area contributed by atoms with Crippen LogP contribution in [0.3, 0.4) is 0 Å². The van der Waals surface area contributed by atoms with Gasteiger partial charge in [-0.05, 0) is 6.42 Å². The first-order valence-corrected chi connectivity index (χ1v) is 5.80. The minimum atomic E-state index is -0.815. The van der Waals surface area contributed by atoms with Crippen LogP contribution in [0.1, 0.15) is 18.5 Å². The number of imidazole rings is 1. The maximum absolute atomic E-state index is 10.4. The zero-order valence-electron chi connectivity index (χ0n) is 9.94. The molecule has 0 radical (unpaired) electrons. The standard InChI is InChI=1S/C11H15N5O2/c17-11(18)3-2-10-8-16(14-13-10)6-1-5-15-7-4-12-9-15/h4,7-9H,1-3,5-6H2,(H,17,18). The summed E-state index contributed by atoms with van der Waals surface area (Å²) in [6.45, 7) is 1.64. The zero-order chi connectivity index (χ0) is 12.8. The number of carboxylic acids is 1. The van der Waals surface area contributed by atoms with Crippen molar-refractivity contribution in [3.8, 4) is 0 Å². The van der Waals surface area contributed by atoms with E-state index < -0.39 is 5.97 Å². The molecule has 0 aromatic carbocycles. The fourth-order valence-electron chi connectivity index (χ4n) is 1.63. The molecule has 0 unspecified atom stereocenters. The normalized spacial score (nSPS) is 10.7. The van der Waals surface area contributed by atoms with Crippen molar-refractivity contribution in [3.63, 3.8) is 0 Å². The molecule has 0 spiro atoms. The van der Waals surface area contributed by atoms with Gasteiger partial charge in [0.1, 0.15) is 0 Å².